The normalized spacial score (nSPS) is 13.1. The molecule has 0 radical (unpaired) electrons. The van der Waals surface area contributed by atoms with Crippen LogP contribution in [-0.4, -0.2) is 35.5 Å². The van der Waals surface area contributed by atoms with Gasteiger partial charge in [-0.1, -0.05) is 30.3 Å². The third-order valence-corrected chi connectivity index (χ3v) is 2.79. The number of nitrogens with one attached hydrogen (secondary N) is 2. The second-order valence-electron chi connectivity index (χ2n) is 4.47. The first kappa shape index (κ1) is 15.7. The summed E-state index contributed by atoms with van der Waals surface area (Å²) >= 11 is 0. The SMILES string of the molecule is CC(=O)NC(C)C(=O)NCC(C(=O)O)c1ccccc1. The molecule has 2 atom stereocenters. The van der Waals surface area contributed by atoms with E-state index in [0.29, 0.717) is 5.56 Å². The molecule has 0 fully saturated rings. The number of benzene rings is 1. The van der Waals surface area contributed by atoms with E-state index in [2.05, 4.69) is 10.6 Å². The number of hydrogen-bond acceptors (Lipinski definition) is 3. The smallest absolute Gasteiger partial charge is 0.312 e. The van der Waals surface area contributed by atoms with Crippen LogP contribution in [0, 0.1) is 0 Å². The highest BCUT2D eigenvalue weighted by atomic mass is 16.4. The van der Waals surface area contributed by atoms with Crippen LogP contribution in [0.2, 0.25) is 0 Å². The molecular weight excluding hydrogens is 260 g/mol. The van der Waals surface area contributed by atoms with Gasteiger partial charge in [-0.05, 0) is 12.5 Å². The van der Waals surface area contributed by atoms with E-state index in [9.17, 15) is 19.5 Å². The van der Waals surface area contributed by atoms with Crippen molar-refractivity contribution in [2.45, 2.75) is 25.8 Å². The van der Waals surface area contributed by atoms with Gasteiger partial charge < -0.3 is 15.7 Å². The zero-order chi connectivity index (χ0) is 15.1. The van der Waals surface area contributed by atoms with Crippen LogP contribution < -0.4 is 10.6 Å². The molecule has 2 amide bonds. The lowest BCUT2D eigenvalue weighted by Gasteiger charge is -2.16. The van der Waals surface area contributed by atoms with Gasteiger partial charge in [-0.15, -0.1) is 0 Å². The van der Waals surface area contributed by atoms with Gasteiger partial charge in [0.15, 0.2) is 0 Å². The van der Waals surface area contributed by atoms with E-state index >= 15 is 0 Å². The van der Waals surface area contributed by atoms with Crippen molar-refractivity contribution in [3.8, 4) is 0 Å². The van der Waals surface area contributed by atoms with Crippen molar-refractivity contribution in [1.82, 2.24) is 10.6 Å². The number of amides is 2. The van der Waals surface area contributed by atoms with Gasteiger partial charge in [0.2, 0.25) is 11.8 Å². The number of carbonyl (C=O) groups is 3. The summed E-state index contributed by atoms with van der Waals surface area (Å²) < 4.78 is 0. The highest BCUT2D eigenvalue weighted by molar-refractivity contribution is 5.87. The van der Waals surface area contributed by atoms with Crippen LogP contribution >= 0.6 is 0 Å². The molecule has 1 aromatic carbocycles. The lowest BCUT2D eigenvalue weighted by atomic mass is 9.99. The van der Waals surface area contributed by atoms with Gasteiger partial charge in [-0.25, -0.2) is 0 Å². The number of carboxylic acids is 1. The molecule has 6 heteroatoms. The van der Waals surface area contributed by atoms with Crippen molar-refractivity contribution in [2.75, 3.05) is 6.54 Å². The third-order valence-electron chi connectivity index (χ3n) is 2.79. The molecular formula is C14H18N2O4. The first-order valence-corrected chi connectivity index (χ1v) is 6.24. The number of aliphatic carboxylic acids is 1. The Morgan fingerprint density at radius 3 is 2.30 bits per heavy atom. The molecule has 0 aliphatic carbocycles. The standard InChI is InChI=1S/C14H18N2O4/c1-9(16-10(2)17)13(18)15-8-12(14(19)20)11-6-4-3-5-7-11/h3-7,9,12H,8H2,1-2H3,(H,15,18)(H,16,17)(H,19,20). The molecule has 0 spiro atoms. The predicted octanol–water partition coefficient (Wildman–Crippen LogP) is 0.496. The van der Waals surface area contributed by atoms with Crippen LogP contribution in [0.3, 0.4) is 0 Å². The topological polar surface area (TPSA) is 95.5 Å². The first-order chi connectivity index (χ1) is 9.41. The molecule has 2 unspecified atom stereocenters. The highest BCUT2D eigenvalue weighted by Gasteiger charge is 2.22. The second kappa shape index (κ2) is 7.28. The number of carbonyl (C=O) groups excluding carboxylic acids is 2. The number of rotatable bonds is 6. The number of hydrogen-bond donors (Lipinski definition) is 3. The fraction of sp³-hybridized carbons (Fsp3) is 0.357. The Kier molecular flexibility index (Phi) is 5.71. The van der Waals surface area contributed by atoms with Gasteiger partial charge >= 0.3 is 5.97 Å². The molecule has 3 N–H and O–H groups in total. The molecule has 6 nitrogen and oxygen atoms in total. The van der Waals surface area contributed by atoms with Gasteiger partial charge in [-0.3, -0.25) is 14.4 Å². The quantitative estimate of drug-likeness (QED) is 0.706. The van der Waals surface area contributed by atoms with Crippen LogP contribution in [0.1, 0.15) is 25.3 Å². The van der Waals surface area contributed by atoms with Crippen molar-refractivity contribution in [3.05, 3.63) is 35.9 Å². The summed E-state index contributed by atoms with van der Waals surface area (Å²) in [6.45, 7) is 2.82. The molecule has 20 heavy (non-hydrogen) atoms. The summed E-state index contributed by atoms with van der Waals surface area (Å²) in [4.78, 5) is 33.8. The van der Waals surface area contributed by atoms with Crippen LogP contribution in [0.15, 0.2) is 30.3 Å². The molecule has 0 saturated carbocycles. The average molecular weight is 278 g/mol. The fourth-order valence-corrected chi connectivity index (χ4v) is 1.76. The zero-order valence-corrected chi connectivity index (χ0v) is 11.4. The Hall–Kier alpha value is -2.37. The van der Waals surface area contributed by atoms with Crippen LogP contribution in [-0.2, 0) is 14.4 Å². The minimum absolute atomic E-state index is 0.0257. The van der Waals surface area contributed by atoms with Gasteiger partial charge in [0, 0.05) is 13.5 Å². The highest BCUT2D eigenvalue weighted by Crippen LogP contribution is 2.14. The van der Waals surface area contributed by atoms with Gasteiger partial charge in [0.25, 0.3) is 0 Å². The van der Waals surface area contributed by atoms with Crippen molar-refractivity contribution in [3.63, 3.8) is 0 Å². The Morgan fingerprint density at radius 2 is 1.80 bits per heavy atom. The van der Waals surface area contributed by atoms with E-state index in [1.165, 1.54) is 13.8 Å². The van der Waals surface area contributed by atoms with Gasteiger partial charge in [0.05, 0.1) is 5.92 Å². The summed E-state index contributed by atoms with van der Waals surface area (Å²) in [5, 5.41) is 14.2. The lowest BCUT2D eigenvalue weighted by molar-refractivity contribution is -0.139. The summed E-state index contributed by atoms with van der Waals surface area (Å²) in [5.74, 6) is -2.55. The Bertz CT molecular complexity index is 487. The van der Waals surface area contributed by atoms with E-state index in [1.54, 1.807) is 30.3 Å². The summed E-state index contributed by atoms with van der Waals surface area (Å²) in [5.41, 5.74) is 0.618. The molecule has 1 aromatic rings. The summed E-state index contributed by atoms with van der Waals surface area (Å²) in [6.07, 6.45) is 0. The molecule has 0 aliphatic heterocycles. The largest absolute Gasteiger partial charge is 0.481 e. The summed E-state index contributed by atoms with van der Waals surface area (Å²) in [7, 11) is 0. The van der Waals surface area contributed by atoms with E-state index in [1.807, 2.05) is 0 Å². The summed E-state index contributed by atoms with van der Waals surface area (Å²) in [6, 6.07) is 7.97. The Morgan fingerprint density at radius 1 is 1.20 bits per heavy atom. The Balaban J connectivity index is 2.63. The second-order valence-corrected chi connectivity index (χ2v) is 4.47. The minimum Gasteiger partial charge on any atom is -0.481 e. The van der Waals surface area contributed by atoms with Crippen LogP contribution in [0.25, 0.3) is 0 Å². The first-order valence-electron chi connectivity index (χ1n) is 6.24. The van der Waals surface area contributed by atoms with Crippen LogP contribution in [0.5, 0.6) is 0 Å². The molecule has 0 aliphatic rings. The molecule has 0 saturated heterocycles. The van der Waals surface area contributed by atoms with Crippen LogP contribution in [0.4, 0.5) is 0 Å². The van der Waals surface area contributed by atoms with E-state index in [4.69, 9.17) is 0 Å². The Labute approximate surface area is 117 Å². The van der Waals surface area contributed by atoms with Crippen molar-refractivity contribution in [1.29, 1.82) is 0 Å². The zero-order valence-electron chi connectivity index (χ0n) is 11.4. The molecule has 0 aromatic heterocycles. The maximum atomic E-state index is 11.7. The van der Waals surface area contributed by atoms with Crippen molar-refractivity contribution in [2.24, 2.45) is 0 Å². The van der Waals surface area contributed by atoms with E-state index in [0.717, 1.165) is 0 Å². The molecule has 1 rings (SSSR count). The monoisotopic (exact) mass is 278 g/mol. The minimum atomic E-state index is -1.01. The molecule has 108 valence electrons. The third kappa shape index (κ3) is 4.72. The maximum Gasteiger partial charge on any atom is 0.312 e. The average Bonchev–Trinajstić information content (AvgIpc) is 2.38. The number of carboxylic acid groups (broad SMARTS) is 1. The predicted molar refractivity (Wildman–Crippen MR) is 73.1 cm³/mol. The van der Waals surface area contributed by atoms with E-state index < -0.39 is 23.8 Å². The maximum absolute atomic E-state index is 11.7. The van der Waals surface area contributed by atoms with Crippen molar-refractivity contribution < 1.29 is 19.5 Å². The molecule has 0 bridgehead atoms. The van der Waals surface area contributed by atoms with Gasteiger partial charge in [-0.2, -0.15) is 0 Å². The van der Waals surface area contributed by atoms with Gasteiger partial charge in [0.1, 0.15) is 6.04 Å². The van der Waals surface area contributed by atoms with E-state index in [-0.39, 0.29) is 12.5 Å². The van der Waals surface area contributed by atoms with Crippen molar-refractivity contribution >= 4 is 17.8 Å². The molecule has 0 heterocycles. The lowest BCUT2D eigenvalue weighted by Crippen LogP contribution is -2.45. The fourth-order valence-electron chi connectivity index (χ4n) is 1.76.